The van der Waals surface area contributed by atoms with E-state index in [1.54, 1.807) is 0 Å². The van der Waals surface area contributed by atoms with Crippen LogP contribution in [0.3, 0.4) is 0 Å². The number of alkyl halides is 3. The molecule has 1 aromatic carbocycles. The molecule has 0 aliphatic heterocycles. The average molecular weight is 512 g/mol. The summed E-state index contributed by atoms with van der Waals surface area (Å²) in [4.78, 5) is 14.1. The third-order valence-corrected chi connectivity index (χ3v) is 6.60. The first-order chi connectivity index (χ1) is 16.3. The Hall–Kier alpha value is -2.79. The van der Waals surface area contributed by atoms with Crippen LogP contribution >= 0.6 is 12.4 Å². The number of imidazole rings is 1. The number of rotatable bonds is 6. The van der Waals surface area contributed by atoms with E-state index >= 15 is 0 Å². The van der Waals surface area contributed by atoms with Gasteiger partial charge in [0.05, 0.1) is 6.33 Å². The Kier molecular flexibility index (Phi) is 7.56. The second-order valence-corrected chi connectivity index (χ2v) is 9.11. The van der Waals surface area contributed by atoms with Gasteiger partial charge in [-0.25, -0.2) is 4.98 Å². The molecule has 0 unspecified atom stereocenters. The molecule has 2 aliphatic carbocycles. The number of fused-ring (bicyclic) bond motifs is 1. The minimum Gasteiger partial charge on any atom is -0.406 e. The maximum atomic E-state index is 12.5. The summed E-state index contributed by atoms with van der Waals surface area (Å²) in [7, 11) is 0. The lowest BCUT2D eigenvalue weighted by Crippen LogP contribution is -2.33. The smallest absolute Gasteiger partial charge is 0.406 e. The molecule has 8 nitrogen and oxygen atoms in total. The van der Waals surface area contributed by atoms with Gasteiger partial charge in [0.1, 0.15) is 5.75 Å². The Morgan fingerprint density at radius 2 is 1.66 bits per heavy atom. The van der Waals surface area contributed by atoms with E-state index < -0.39 is 6.36 Å². The number of hydrogen-bond acceptors (Lipinski definition) is 7. The van der Waals surface area contributed by atoms with Crippen LogP contribution in [0.2, 0.25) is 0 Å². The number of hydrogen-bond donors (Lipinski definition) is 3. The van der Waals surface area contributed by atoms with Crippen LogP contribution in [0.5, 0.6) is 5.75 Å². The number of nitrogens with zero attached hydrogens (tertiary/aromatic N) is 4. The third kappa shape index (κ3) is 6.07. The summed E-state index contributed by atoms with van der Waals surface area (Å²) in [5.41, 5.74) is 7.98. The van der Waals surface area contributed by atoms with Crippen molar-refractivity contribution >= 4 is 41.0 Å². The minimum absolute atomic E-state index is 0. The first kappa shape index (κ1) is 25.3. The first-order valence-corrected chi connectivity index (χ1v) is 11.7. The Balaban J connectivity index is 0.00000289. The van der Waals surface area contributed by atoms with E-state index in [2.05, 4.69) is 29.9 Å². The molecule has 2 aliphatic rings. The Bertz CT molecular complexity index is 1120. The van der Waals surface area contributed by atoms with Crippen LogP contribution < -0.4 is 21.1 Å². The van der Waals surface area contributed by atoms with Gasteiger partial charge in [-0.1, -0.05) is 12.8 Å². The summed E-state index contributed by atoms with van der Waals surface area (Å²) in [5, 5.41) is 6.66. The molecule has 4 N–H and O–H groups in total. The van der Waals surface area contributed by atoms with Gasteiger partial charge in [-0.2, -0.15) is 9.97 Å². The lowest BCUT2D eigenvalue weighted by Gasteiger charge is -2.27. The summed E-state index contributed by atoms with van der Waals surface area (Å²) in [6.45, 7) is 0. The van der Waals surface area contributed by atoms with Crippen LogP contribution in [-0.2, 0) is 0 Å². The third-order valence-electron chi connectivity index (χ3n) is 6.60. The van der Waals surface area contributed by atoms with E-state index in [-0.39, 0.29) is 30.2 Å². The summed E-state index contributed by atoms with van der Waals surface area (Å²) < 4.78 is 43.5. The summed E-state index contributed by atoms with van der Waals surface area (Å²) in [5.74, 6) is 0.725. The van der Waals surface area contributed by atoms with Gasteiger partial charge in [-0.05, 0) is 62.8 Å². The quantitative estimate of drug-likeness (QED) is 0.391. The lowest BCUT2D eigenvalue weighted by molar-refractivity contribution is -0.274. The topological polar surface area (TPSA) is 103 Å². The molecule has 0 radical (unpaired) electrons. The van der Waals surface area contributed by atoms with Crippen LogP contribution in [0.1, 0.15) is 57.4 Å². The molecule has 3 aromatic rings. The van der Waals surface area contributed by atoms with E-state index in [0.717, 1.165) is 44.2 Å². The monoisotopic (exact) mass is 511 g/mol. The number of anilines is 3. The van der Waals surface area contributed by atoms with E-state index in [9.17, 15) is 13.2 Å². The molecule has 190 valence electrons. The van der Waals surface area contributed by atoms with Crippen LogP contribution in [0.25, 0.3) is 11.2 Å². The van der Waals surface area contributed by atoms with Gasteiger partial charge < -0.3 is 25.7 Å². The highest BCUT2D eigenvalue weighted by Crippen LogP contribution is 2.34. The van der Waals surface area contributed by atoms with Crippen molar-refractivity contribution < 1.29 is 17.9 Å². The fourth-order valence-corrected chi connectivity index (χ4v) is 4.84. The Morgan fingerprint density at radius 3 is 2.31 bits per heavy atom. The SMILES string of the molecule is Cl.NC1CCC(Nc2nc(Nc3ccc(OC(F)(F)F)cc3)c3ncn(C4CCCC4)c3n2)CC1. The van der Waals surface area contributed by atoms with Crippen molar-refractivity contribution in [1.82, 2.24) is 19.5 Å². The Morgan fingerprint density at radius 1 is 0.971 bits per heavy atom. The maximum absolute atomic E-state index is 12.5. The molecule has 2 aromatic heterocycles. The molecule has 2 fully saturated rings. The summed E-state index contributed by atoms with van der Waals surface area (Å²) in [6, 6.07) is 6.38. The lowest BCUT2D eigenvalue weighted by atomic mass is 9.92. The molecule has 12 heteroatoms. The fraction of sp³-hybridized carbons (Fsp3) is 0.522. The highest BCUT2D eigenvalue weighted by Gasteiger charge is 2.31. The number of benzene rings is 1. The molecule has 0 saturated heterocycles. The van der Waals surface area contributed by atoms with Crippen molar-refractivity contribution in [3.63, 3.8) is 0 Å². The van der Waals surface area contributed by atoms with Gasteiger partial charge in [-0.15, -0.1) is 25.6 Å². The predicted molar refractivity (Wildman–Crippen MR) is 130 cm³/mol. The van der Waals surface area contributed by atoms with Crippen molar-refractivity contribution in [2.45, 2.75) is 75.9 Å². The van der Waals surface area contributed by atoms with Crippen LogP contribution in [0.4, 0.5) is 30.6 Å². The normalized spacial score (nSPS) is 21.0. The number of nitrogens with two attached hydrogens (primary N) is 1. The molecule has 5 rings (SSSR count). The molecule has 0 bridgehead atoms. The van der Waals surface area contributed by atoms with Crippen molar-refractivity contribution in [3.05, 3.63) is 30.6 Å². The van der Waals surface area contributed by atoms with Crippen LogP contribution in [-0.4, -0.2) is 38.0 Å². The van der Waals surface area contributed by atoms with Gasteiger partial charge >= 0.3 is 6.36 Å². The minimum atomic E-state index is -4.73. The first-order valence-electron chi connectivity index (χ1n) is 11.7. The largest absolute Gasteiger partial charge is 0.573 e. The van der Waals surface area contributed by atoms with Crippen molar-refractivity contribution in [2.75, 3.05) is 10.6 Å². The molecule has 0 amide bonds. The van der Waals surface area contributed by atoms with Gasteiger partial charge in [-0.3, -0.25) is 0 Å². The van der Waals surface area contributed by atoms with E-state index in [1.807, 2.05) is 6.33 Å². The number of ether oxygens (including phenoxy) is 1. The summed E-state index contributed by atoms with van der Waals surface area (Å²) in [6.07, 6.45) is 5.43. The predicted octanol–water partition coefficient (Wildman–Crippen LogP) is 5.69. The van der Waals surface area contributed by atoms with Crippen molar-refractivity contribution in [3.8, 4) is 5.75 Å². The highest BCUT2D eigenvalue weighted by molar-refractivity contribution is 5.86. The highest BCUT2D eigenvalue weighted by atomic mass is 35.5. The van der Waals surface area contributed by atoms with E-state index in [4.69, 9.17) is 10.7 Å². The van der Waals surface area contributed by atoms with Crippen LogP contribution in [0.15, 0.2) is 30.6 Å². The second-order valence-electron chi connectivity index (χ2n) is 9.11. The van der Waals surface area contributed by atoms with Gasteiger partial charge in [0.15, 0.2) is 17.0 Å². The molecular formula is C23H29ClF3N7O. The van der Waals surface area contributed by atoms with E-state index in [0.29, 0.717) is 29.0 Å². The molecule has 2 heterocycles. The van der Waals surface area contributed by atoms with Crippen molar-refractivity contribution in [2.24, 2.45) is 5.73 Å². The van der Waals surface area contributed by atoms with Gasteiger partial charge in [0.2, 0.25) is 5.95 Å². The van der Waals surface area contributed by atoms with Gasteiger partial charge in [0.25, 0.3) is 0 Å². The zero-order chi connectivity index (χ0) is 23.7. The van der Waals surface area contributed by atoms with Gasteiger partial charge in [0, 0.05) is 23.8 Å². The zero-order valence-corrected chi connectivity index (χ0v) is 19.9. The number of nitrogens with one attached hydrogen (secondary N) is 2. The maximum Gasteiger partial charge on any atom is 0.573 e. The van der Waals surface area contributed by atoms with Crippen LogP contribution in [0, 0.1) is 0 Å². The number of halogens is 4. The number of aromatic nitrogens is 4. The van der Waals surface area contributed by atoms with E-state index in [1.165, 1.54) is 37.1 Å². The standard InChI is InChI=1S/C23H28F3N7O.ClH/c24-23(25,26)34-18-11-9-15(10-12-18)29-20-19-21(33(13-28-19)17-3-1-2-4-17)32-22(31-20)30-16-7-5-14(27)6-8-16;/h9-14,16-17H,1-8,27H2,(H2,29,30,31,32);1H. The molecule has 2 saturated carbocycles. The molecule has 0 atom stereocenters. The molecular weight excluding hydrogens is 483 g/mol. The average Bonchev–Trinajstić information content (AvgIpc) is 3.46. The molecule has 0 spiro atoms. The molecule has 35 heavy (non-hydrogen) atoms. The van der Waals surface area contributed by atoms with Crippen molar-refractivity contribution in [1.29, 1.82) is 0 Å². The Labute approximate surface area is 207 Å². The zero-order valence-electron chi connectivity index (χ0n) is 19.1. The second kappa shape index (κ2) is 10.4. The fourth-order valence-electron chi connectivity index (χ4n) is 4.84. The summed E-state index contributed by atoms with van der Waals surface area (Å²) >= 11 is 0.